The minimum Gasteiger partial charge on any atom is -0.381 e. The molecule has 2 rings (SSSR count). The zero-order valence-corrected chi connectivity index (χ0v) is 10.4. The van der Waals surface area contributed by atoms with Crippen LogP contribution < -0.4 is 10.6 Å². The average Bonchev–Trinajstić information content (AvgIpc) is 2.78. The summed E-state index contributed by atoms with van der Waals surface area (Å²) in [5, 5.41) is 6.56. The van der Waals surface area contributed by atoms with Crippen LogP contribution >= 0.6 is 0 Å². The lowest BCUT2D eigenvalue weighted by Crippen LogP contribution is -2.18. The molecule has 1 aliphatic rings. The first-order valence-corrected chi connectivity index (χ1v) is 6.17. The van der Waals surface area contributed by atoms with Crippen LogP contribution in [0.3, 0.4) is 0 Å². The number of nitrogens with one attached hydrogen (secondary N) is 2. The van der Waals surface area contributed by atoms with E-state index in [1.54, 1.807) is 19.5 Å². The molecule has 1 saturated carbocycles. The van der Waals surface area contributed by atoms with Crippen LogP contribution in [-0.2, 0) is 4.74 Å². The highest BCUT2D eigenvalue weighted by molar-refractivity contribution is 5.42. The Balaban J connectivity index is 1.92. The van der Waals surface area contributed by atoms with Crippen LogP contribution in [0, 0.1) is 0 Å². The lowest BCUT2D eigenvalue weighted by Gasteiger charge is -2.13. The zero-order valence-electron chi connectivity index (χ0n) is 10.4. The standard InChI is InChI=1S/C12H20N4O/c1-3-14-11-7-13-8-12(16-11)15-9-4-5-10(6-9)17-2/h7-10H,3-6H2,1-2H3,(H2,14,15,16). The van der Waals surface area contributed by atoms with Gasteiger partial charge in [0, 0.05) is 19.7 Å². The van der Waals surface area contributed by atoms with Crippen LogP contribution in [0.1, 0.15) is 26.2 Å². The van der Waals surface area contributed by atoms with Gasteiger partial charge in [0.2, 0.25) is 0 Å². The van der Waals surface area contributed by atoms with E-state index >= 15 is 0 Å². The molecule has 0 aromatic carbocycles. The summed E-state index contributed by atoms with van der Waals surface area (Å²) >= 11 is 0. The van der Waals surface area contributed by atoms with Crippen molar-refractivity contribution in [3.63, 3.8) is 0 Å². The number of ether oxygens (including phenoxy) is 1. The number of rotatable bonds is 5. The van der Waals surface area contributed by atoms with Crippen molar-refractivity contribution in [1.29, 1.82) is 0 Å². The molecular weight excluding hydrogens is 216 g/mol. The highest BCUT2D eigenvalue weighted by atomic mass is 16.5. The summed E-state index contributed by atoms with van der Waals surface area (Å²) in [6, 6.07) is 0.450. The first-order valence-electron chi connectivity index (χ1n) is 6.17. The van der Waals surface area contributed by atoms with Gasteiger partial charge in [-0.25, -0.2) is 4.98 Å². The van der Waals surface area contributed by atoms with Gasteiger partial charge in [-0.1, -0.05) is 0 Å². The maximum absolute atomic E-state index is 5.35. The van der Waals surface area contributed by atoms with Crippen molar-refractivity contribution >= 4 is 11.6 Å². The van der Waals surface area contributed by atoms with Crippen molar-refractivity contribution in [1.82, 2.24) is 9.97 Å². The molecule has 1 aromatic heterocycles. The average molecular weight is 236 g/mol. The predicted molar refractivity (Wildman–Crippen MR) is 68.3 cm³/mol. The summed E-state index contributed by atoms with van der Waals surface area (Å²) in [4.78, 5) is 8.62. The van der Waals surface area contributed by atoms with Gasteiger partial charge in [-0.15, -0.1) is 0 Å². The van der Waals surface area contributed by atoms with Gasteiger partial charge in [-0.2, -0.15) is 0 Å². The van der Waals surface area contributed by atoms with Crippen LogP contribution in [0.2, 0.25) is 0 Å². The third-order valence-electron chi connectivity index (χ3n) is 3.06. The topological polar surface area (TPSA) is 59.1 Å². The molecule has 5 nitrogen and oxygen atoms in total. The van der Waals surface area contributed by atoms with Crippen LogP contribution in [0.15, 0.2) is 12.4 Å². The van der Waals surface area contributed by atoms with Crippen molar-refractivity contribution < 1.29 is 4.74 Å². The molecule has 5 heteroatoms. The molecule has 0 spiro atoms. The molecule has 0 bridgehead atoms. The number of methoxy groups -OCH3 is 1. The summed E-state index contributed by atoms with van der Waals surface area (Å²) in [6.07, 6.45) is 7.18. The van der Waals surface area contributed by atoms with E-state index in [1.165, 1.54) is 0 Å². The number of aromatic nitrogens is 2. The molecule has 2 N–H and O–H groups in total. The van der Waals surface area contributed by atoms with Crippen LogP contribution in [0.5, 0.6) is 0 Å². The van der Waals surface area contributed by atoms with Gasteiger partial charge in [-0.3, -0.25) is 4.98 Å². The zero-order chi connectivity index (χ0) is 12.1. The number of hydrogen-bond donors (Lipinski definition) is 2. The number of hydrogen-bond acceptors (Lipinski definition) is 5. The Kier molecular flexibility index (Phi) is 4.14. The predicted octanol–water partition coefficient (Wildman–Crippen LogP) is 1.89. The van der Waals surface area contributed by atoms with Crippen molar-refractivity contribution in [2.24, 2.45) is 0 Å². The van der Waals surface area contributed by atoms with E-state index < -0.39 is 0 Å². The first-order chi connectivity index (χ1) is 8.31. The van der Waals surface area contributed by atoms with Gasteiger partial charge >= 0.3 is 0 Å². The maximum Gasteiger partial charge on any atom is 0.147 e. The second kappa shape index (κ2) is 5.82. The summed E-state index contributed by atoms with van der Waals surface area (Å²) in [5.74, 6) is 1.66. The van der Waals surface area contributed by atoms with E-state index in [4.69, 9.17) is 4.74 Å². The molecule has 0 amide bonds. The number of anilines is 2. The molecule has 0 radical (unpaired) electrons. The van der Waals surface area contributed by atoms with Gasteiger partial charge in [0.05, 0.1) is 18.5 Å². The summed E-state index contributed by atoms with van der Waals surface area (Å²) in [7, 11) is 1.78. The van der Waals surface area contributed by atoms with Gasteiger partial charge in [0.25, 0.3) is 0 Å². The molecule has 94 valence electrons. The second-order valence-corrected chi connectivity index (χ2v) is 4.33. The molecule has 2 atom stereocenters. The number of nitrogens with zero attached hydrogens (tertiary/aromatic N) is 2. The molecule has 2 unspecified atom stereocenters. The smallest absolute Gasteiger partial charge is 0.147 e. The summed E-state index contributed by atoms with van der Waals surface area (Å²) in [6.45, 7) is 2.90. The van der Waals surface area contributed by atoms with Gasteiger partial charge < -0.3 is 15.4 Å². The maximum atomic E-state index is 5.35. The first kappa shape index (κ1) is 12.1. The van der Waals surface area contributed by atoms with Gasteiger partial charge in [0.1, 0.15) is 11.6 Å². The fourth-order valence-electron chi connectivity index (χ4n) is 2.20. The van der Waals surface area contributed by atoms with Crippen LogP contribution in [0.25, 0.3) is 0 Å². The van der Waals surface area contributed by atoms with E-state index in [0.29, 0.717) is 12.1 Å². The molecule has 17 heavy (non-hydrogen) atoms. The molecule has 1 aliphatic carbocycles. The molecule has 1 fully saturated rings. The van der Waals surface area contributed by atoms with Gasteiger partial charge in [-0.05, 0) is 26.2 Å². The Morgan fingerprint density at radius 3 is 2.88 bits per heavy atom. The fourth-order valence-corrected chi connectivity index (χ4v) is 2.20. The minimum atomic E-state index is 0.386. The van der Waals surface area contributed by atoms with Crippen LogP contribution in [-0.4, -0.2) is 35.8 Å². The molecule has 1 heterocycles. The third-order valence-corrected chi connectivity index (χ3v) is 3.06. The monoisotopic (exact) mass is 236 g/mol. The molecule has 0 saturated heterocycles. The normalized spacial score (nSPS) is 23.6. The van der Waals surface area contributed by atoms with E-state index in [1.807, 2.05) is 6.92 Å². The van der Waals surface area contributed by atoms with Crippen molar-refractivity contribution in [2.75, 3.05) is 24.3 Å². The lowest BCUT2D eigenvalue weighted by atomic mass is 10.2. The fraction of sp³-hybridized carbons (Fsp3) is 0.667. The Hall–Kier alpha value is -1.36. The highest BCUT2D eigenvalue weighted by Gasteiger charge is 2.24. The lowest BCUT2D eigenvalue weighted by molar-refractivity contribution is 0.108. The van der Waals surface area contributed by atoms with E-state index in [0.717, 1.165) is 37.4 Å². The molecule has 0 aliphatic heterocycles. The van der Waals surface area contributed by atoms with E-state index in [2.05, 4.69) is 20.6 Å². The quantitative estimate of drug-likeness (QED) is 0.817. The molecule has 1 aromatic rings. The molecular formula is C12H20N4O. The van der Waals surface area contributed by atoms with Crippen molar-refractivity contribution in [3.05, 3.63) is 12.4 Å². The summed E-state index contributed by atoms with van der Waals surface area (Å²) < 4.78 is 5.35. The van der Waals surface area contributed by atoms with E-state index in [9.17, 15) is 0 Å². The largest absolute Gasteiger partial charge is 0.381 e. The SMILES string of the molecule is CCNc1cncc(NC2CCC(OC)C2)n1. The van der Waals surface area contributed by atoms with Crippen molar-refractivity contribution in [2.45, 2.75) is 38.3 Å². The Morgan fingerprint density at radius 2 is 2.18 bits per heavy atom. The van der Waals surface area contributed by atoms with Gasteiger partial charge in [0.15, 0.2) is 0 Å². The summed E-state index contributed by atoms with van der Waals surface area (Å²) in [5.41, 5.74) is 0. The third kappa shape index (κ3) is 3.30. The van der Waals surface area contributed by atoms with Crippen LogP contribution in [0.4, 0.5) is 11.6 Å². The highest BCUT2D eigenvalue weighted by Crippen LogP contribution is 2.24. The van der Waals surface area contributed by atoms with Crippen molar-refractivity contribution in [3.8, 4) is 0 Å². The van der Waals surface area contributed by atoms with E-state index in [-0.39, 0.29) is 0 Å². The Morgan fingerprint density at radius 1 is 1.35 bits per heavy atom. The second-order valence-electron chi connectivity index (χ2n) is 4.33. The minimum absolute atomic E-state index is 0.386. The Bertz CT molecular complexity index is 358. The Labute approximate surface area is 102 Å².